The van der Waals surface area contributed by atoms with Crippen molar-refractivity contribution in [3.8, 4) is 0 Å². The lowest BCUT2D eigenvalue weighted by molar-refractivity contribution is 0.0374. The Hall–Kier alpha value is -0.160. The van der Waals surface area contributed by atoms with Crippen LogP contribution in [0.1, 0.15) is 20.8 Å². The van der Waals surface area contributed by atoms with Crippen LogP contribution in [0.3, 0.4) is 0 Å². The van der Waals surface area contributed by atoms with E-state index in [1.807, 2.05) is 20.8 Å². The highest BCUT2D eigenvalue weighted by molar-refractivity contribution is 4.85. The van der Waals surface area contributed by atoms with Crippen LogP contribution in [-0.2, 0) is 0 Å². The number of hydrogen-bond donors (Lipinski definition) is 2. The van der Waals surface area contributed by atoms with Crippen molar-refractivity contribution in [1.82, 2.24) is 15.1 Å². The van der Waals surface area contributed by atoms with Crippen LogP contribution in [0.25, 0.3) is 0 Å². The third kappa shape index (κ3) is 4.01. The Morgan fingerprint density at radius 2 is 2.00 bits per heavy atom. The van der Waals surface area contributed by atoms with Gasteiger partial charge in [-0.05, 0) is 34.9 Å². The van der Waals surface area contributed by atoms with E-state index in [0.29, 0.717) is 6.04 Å². The van der Waals surface area contributed by atoms with Crippen molar-refractivity contribution in [2.24, 2.45) is 0 Å². The standard InChI is InChI=1S/C12H27N3O/c1-10(12(2,3)16)13-8-11-9-14(4)6-7-15(11)5/h10-11,13,16H,6-9H2,1-5H3. The quantitative estimate of drug-likeness (QED) is 0.711. The molecule has 16 heavy (non-hydrogen) atoms. The van der Waals surface area contributed by atoms with E-state index in [-0.39, 0.29) is 6.04 Å². The summed E-state index contributed by atoms with van der Waals surface area (Å²) in [5.74, 6) is 0. The SMILES string of the molecule is CC(NCC1CN(C)CCN1C)C(C)(C)O. The van der Waals surface area contributed by atoms with Crippen LogP contribution < -0.4 is 5.32 Å². The summed E-state index contributed by atoms with van der Waals surface area (Å²) >= 11 is 0. The molecule has 0 aromatic heterocycles. The molecule has 1 fully saturated rings. The summed E-state index contributed by atoms with van der Waals surface area (Å²) in [6, 6.07) is 0.664. The summed E-state index contributed by atoms with van der Waals surface area (Å²) in [6.07, 6.45) is 0. The summed E-state index contributed by atoms with van der Waals surface area (Å²) in [5.41, 5.74) is -0.654. The summed E-state index contributed by atoms with van der Waals surface area (Å²) in [7, 11) is 4.34. The van der Waals surface area contributed by atoms with Gasteiger partial charge in [0.1, 0.15) is 0 Å². The van der Waals surface area contributed by atoms with Crippen LogP contribution in [0.4, 0.5) is 0 Å². The predicted octanol–water partition coefficient (Wildman–Crippen LogP) is -0.0188. The first-order valence-electron chi connectivity index (χ1n) is 6.15. The second-order valence-electron chi connectivity index (χ2n) is 5.68. The molecule has 0 amide bonds. The largest absolute Gasteiger partial charge is 0.389 e. The van der Waals surface area contributed by atoms with Gasteiger partial charge in [-0.2, -0.15) is 0 Å². The van der Waals surface area contributed by atoms with E-state index < -0.39 is 5.60 Å². The highest BCUT2D eigenvalue weighted by Crippen LogP contribution is 2.09. The minimum absolute atomic E-state index is 0.119. The maximum atomic E-state index is 9.85. The van der Waals surface area contributed by atoms with Gasteiger partial charge in [0.25, 0.3) is 0 Å². The smallest absolute Gasteiger partial charge is 0.0741 e. The molecule has 4 nitrogen and oxygen atoms in total. The molecule has 2 unspecified atom stereocenters. The lowest BCUT2D eigenvalue weighted by Gasteiger charge is -2.39. The highest BCUT2D eigenvalue weighted by Gasteiger charge is 2.26. The van der Waals surface area contributed by atoms with Crippen molar-refractivity contribution < 1.29 is 5.11 Å². The predicted molar refractivity (Wildman–Crippen MR) is 67.7 cm³/mol. The van der Waals surface area contributed by atoms with E-state index in [2.05, 4.69) is 29.2 Å². The van der Waals surface area contributed by atoms with Crippen molar-refractivity contribution >= 4 is 0 Å². The highest BCUT2D eigenvalue weighted by atomic mass is 16.3. The van der Waals surface area contributed by atoms with Crippen LogP contribution in [0.15, 0.2) is 0 Å². The number of nitrogens with one attached hydrogen (secondary N) is 1. The lowest BCUT2D eigenvalue weighted by Crippen LogP contribution is -2.56. The molecule has 0 radical (unpaired) electrons. The zero-order valence-corrected chi connectivity index (χ0v) is 11.3. The van der Waals surface area contributed by atoms with E-state index in [9.17, 15) is 5.11 Å². The van der Waals surface area contributed by atoms with Crippen molar-refractivity contribution in [1.29, 1.82) is 0 Å². The van der Waals surface area contributed by atoms with E-state index in [0.717, 1.165) is 26.2 Å². The van der Waals surface area contributed by atoms with Gasteiger partial charge in [-0.25, -0.2) is 0 Å². The van der Waals surface area contributed by atoms with Crippen LogP contribution >= 0.6 is 0 Å². The minimum atomic E-state index is -0.654. The van der Waals surface area contributed by atoms with Crippen molar-refractivity contribution in [3.63, 3.8) is 0 Å². The van der Waals surface area contributed by atoms with Crippen LogP contribution in [0.2, 0.25) is 0 Å². The normalized spacial score (nSPS) is 27.0. The molecule has 1 saturated heterocycles. The first kappa shape index (κ1) is 13.9. The number of aliphatic hydroxyl groups is 1. The first-order valence-corrected chi connectivity index (χ1v) is 6.15. The van der Waals surface area contributed by atoms with Gasteiger partial charge in [0.2, 0.25) is 0 Å². The average Bonchev–Trinajstić information content (AvgIpc) is 2.17. The lowest BCUT2D eigenvalue weighted by atomic mass is 10.0. The molecular weight excluding hydrogens is 202 g/mol. The third-order valence-corrected chi connectivity index (χ3v) is 3.70. The number of hydrogen-bond acceptors (Lipinski definition) is 4. The molecule has 1 heterocycles. The molecule has 4 heteroatoms. The Balaban J connectivity index is 2.36. The Kier molecular flexibility index (Phi) is 4.73. The van der Waals surface area contributed by atoms with Crippen molar-refractivity contribution in [2.75, 3.05) is 40.3 Å². The van der Waals surface area contributed by atoms with Gasteiger partial charge in [-0.1, -0.05) is 0 Å². The molecular formula is C12H27N3O. The fourth-order valence-corrected chi connectivity index (χ4v) is 1.88. The molecule has 2 atom stereocenters. The summed E-state index contributed by atoms with van der Waals surface area (Å²) in [6.45, 7) is 10.0. The molecule has 96 valence electrons. The average molecular weight is 229 g/mol. The van der Waals surface area contributed by atoms with Gasteiger partial charge in [-0.3, -0.25) is 4.90 Å². The zero-order chi connectivity index (χ0) is 12.3. The molecule has 2 N–H and O–H groups in total. The molecule has 0 aromatic rings. The Bertz CT molecular complexity index is 215. The van der Waals surface area contributed by atoms with E-state index in [4.69, 9.17) is 0 Å². The fourth-order valence-electron chi connectivity index (χ4n) is 1.88. The van der Waals surface area contributed by atoms with Gasteiger partial charge in [0, 0.05) is 38.3 Å². The molecule has 0 spiro atoms. The van der Waals surface area contributed by atoms with Crippen molar-refractivity contribution in [2.45, 2.75) is 38.5 Å². The van der Waals surface area contributed by atoms with Gasteiger partial charge >= 0.3 is 0 Å². The van der Waals surface area contributed by atoms with Gasteiger partial charge in [0.15, 0.2) is 0 Å². The number of likely N-dealkylation sites (N-methyl/N-ethyl adjacent to an activating group) is 2. The summed E-state index contributed by atoms with van der Waals surface area (Å²) < 4.78 is 0. The Morgan fingerprint density at radius 3 is 2.56 bits per heavy atom. The van der Waals surface area contributed by atoms with Gasteiger partial charge in [-0.15, -0.1) is 0 Å². The number of nitrogens with zero attached hydrogens (tertiary/aromatic N) is 2. The van der Waals surface area contributed by atoms with Crippen LogP contribution in [-0.4, -0.2) is 72.9 Å². The summed E-state index contributed by atoms with van der Waals surface area (Å²) in [4.78, 5) is 4.76. The Morgan fingerprint density at radius 1 is 1.38 bits per heavy atom. The maximum absolute atomic E-state index is 9.85. The molecule has 0 aliphatic carbocycles. The topological polar surface area (TPSA) is 38.7 Å². The third-order valence-electron chi connectivity index (χ3n) is 3.70. The fraction of sp³-hybridized carbons (Fsp3) is 1.00. The minimum Gasteiger partial charge on any atom is -0.389 e. The molecule has 1 rings (SSSR count). The van der Waals surface area contributed by atoms with Crippen molar-refractivity contribution in [3.05, 3.63) is 0 Å². The number of rotatable bonds is 4. The van der Waals surface area contributed by atoms with E-state index >= 15 is 0 Å². The second-order valence-corrected chi connectivity index (χ2v) is 5.68. The van der Waals surface area contributed by atoms with Gasteiger partial charge < -0.3 is 15.3 Å². The maximum Gasteiger partial charge on any atom is 0.0741 e. The summed E-state index contributed by atoms with van der Waals surface area (Å²) in [5, 5.41) is 13.3. The monoisotopic (exact) mass is 229 g/mol. The number of piperazine rings is 1. The van der Waals surface area contributed by atoms with Crippen LogP contribution in [0, 0.1) is 0 Å². The molecule has 0 saturated carbocycles. The van der Waals surface area contributed by atoms with E-state index in [1.54, 1.807) is 0 Å². The Labute approximate surface area is 99.6 Å². The second kappa shape index (κ2) is 5.45. The van der Waals surface area contributed by atoms with Gasteiger partial charge in [0.05, 0.1) is 5.60 Å². The zero-order valence-electron chi connectivity index (χ0n) is 11.3. The molecule has 1 aliphatic heterocycles. The van der Waals surface area contributed by atoms with E-state index in [1.165, 1.54) is 0 Å². The van der Waals surface area contributed by atoms with Crippen LogP contribution in [0.5, 0.6) is 0 Å². The first-order chi connectivity index (χ1) is 7.30. The molecule has 1 aliphatic rings. The molecule has 0 aromatic carbocycles. The molecule has 0 bridgehead atoms.